The fourth-order valence-corrected chi connectivity index (χ4v) is 3.15. The van der Waals surface area contributed by atoms with Gasteiger partial charge in [-0.25, -0.2) is 4.79 Å². The molecule has 8 heteroatoms. The van der Waals surface area contributed by atoms with E-state index in [1.165, 1.54) is 5.56 Å². The lowest BCUT2D eigenvalue weighted by molar-refractivity contribution is 0.0963. The number of rotatable bonds is 8. The zero-order valence-electron chi connectivity index (χ0n) is 17.8. The van der Waals surface area contributed by atoms with Crippen molar-refractivity contribution in [3.05, 3.63) is 29.8 Å². The first-order chi connectivity index (χ1) is 13.7. The fourth-order valence-electron chi connectivity index (χ4n) is 3.15. The van der Waals surface area contributed by atoms with E-state index in [4.69, 9.17) is 9.47 Å². The van der Waals surface area contributed by atoms with Crippen molar-refractivity contribution in [1.82, 2.24) is 15.5 Å². The fraction of sp³-hybridized carbons (Fsp3) is 0.619. The lowest BCUT2D eigenvalue weighted by atomic mass is 10.1. The van der Waals surface area contributed by atoms with Crippen molar-refractivity contribution in [2.45, 2.75) is 45.6 Å². The van der Waals surface area contributed by atoms with Crippen molar-refractivity contribution < 1.29 is 14.3 Å². The average molecular weight is 518 g/mol. The van der Waals surface area contributed by atoms with Gasteiger partial charge >= 0.3 is 6.09 Å². The molecule has 1 heterocycles. The third-order valence-corrected chi connectivity index (χ3v) is 4.66. The van der Waals surface area contributed by atoms with Gasteiger partial charge in [0.25, 0.3) is 0 Å². The Morgan fingerprint density at radius 3 is 2.69 bits per heavy atom. The highest BCUT2D eigenvalue weighted by Gasteiger charge is 2.23. The Morgan fingerprint density at radius 2 is 2.03 bits per heavy atom. The first-order valence-electron chi connectivity index (χ1n) is 10.3. The lowest BCUT2D eigenvalue weighted by Gasteiger charge is -2.32. The molecule has 2 N–H and O–H groups in total. The summed E-state index contributed by atoms with van der Waals surface area (Å²) in [5.41, 5.74) is 1.24. The zero-order valence-corrected chi connectivity index (χ0v) is 20.1. The second-order valence-corrected chi connectivity index (χ2v) is 6.85. The maximum Gasteiger partial charge on any atom is 0.409 e. The van der Waals surface area contributed by atoms with E-state index in [9.17, 15) is 4.79 Å². The molecule has 164 valence electrons. The van der Waals surface area contributed by atoms with E-state index in [1.807, 2.05) is 19.1 Å². The number of benzene rings is 1. The molecule has 0 unspecified atom stereocenters. The van der Waals surface area contributed by atoms with Crippen LogP contribution in [-0.4, -0.2) is 62.9 Å². The summed E-state index contributed by atoms with van der Waals surface area (Å²) in [4.78, 5) is 17.9. The van der Waals surface area contributed by atoms with Crippen LogP contribution in [0.3, 0.4) is 0 Å². The molecule has 1 aliphatic heterocycles. The van der Waals surface area contributed by atoms with Gasteiger partial charge in [-0.3, -0.25) is 4.99 Å². The van der Waals surface area contributed by atoms with E-state index in [0.717, 1.165) is 50.5 Å². The molecule has 0 aliphatic carbocycles. The van der Waals surface area contributed by atoms with Gasteiger partial charge in [0, 0.05) is 32.7 Å². The van der Waals surface area contributed by atoms with Gasteiger partial charge in [0.1, 0.15) is 5.75 Å². The van der Waals surface area contributed by atoms with Crippen LogP contribution in [0.15, 0.2) is 29.3 Å². The summed E-state index contributed by atoms with van der Waals surface area (Å²) in [5, 5.41) is 6.83. The minimum Gasteiger partial charge on any atom is -0.494 e. The predicted octanol–water partition coefficient (Wildman–Crippen LogP) is 3.42. The van der Waals surface area contributed by atoms with Crippen molar-refractivity contribution in [3.63, 3.8) is 0 Å². The van der Waals surface area contributed by atoms with Crippen molar-refractivity contribution in [2.75, 3.05) is 39.9 Å². The summed E-state index contributed by atoms with van der Waals surface area (Å²) in [6.07, 6.45) is 3.46. The molecule has 1 fully saturated rings. The normalized spacial score (nSPS) is 14.7. The maximum absolute atomic E-state index is 11.8. The number of carbonyl (C=O) groups excluding carboxylic acids is 1. The Kier molecular flexibility index (Phi) is 12.5. The van der Waals surface area contributed by atoms with Crippen LogP contribution in [0.4, 0.5) is 4.79 Å². The molecule has 1 aliphatic rings. The number of guanidine groups is 1. The van der Waals surface area contributed by atoms with Crippen LogP contribution in [0.2, 0.25) is 0 Å². The smallest absolute Gasteiger partial charge is 0.409 e. The van der Waals surface area contributed by atoms with Gasteiger partial charge in [0.05, 0.1) is 13.2 Å². The number of hydrogen-bond acceptors (Lipinski definition) is 4. The molecule has 0 radical (unpaired) electrons. The van der Waals surface area contributed by atoms with Gasteiger partial charge in [-0.15, -0.1) is 24.0 Å². The summed E-state index contributed by atoms with van der Waals surface area (Å²) in [7, 11) is 1.78. The first kappa shape index (κ1) is 25.3. The number of amides is 1. The standard InChI is InChI=1S/C21H34N4O3.HI/c1-4-15-28-19-8-6-7-17(16-19)9-12-23-20(22-3)24-18-10-13-25(14-11-18)21(26)27-5-2;/h6-8,16,18H,4-5,9-15H2,1-3H3,(H2,22,23,24);1H. The van der Waals surface area contributed by atoms with Crippen molar-refractivity contribution in [3.8, 4) is 5.75 Å². The molecular weight excluding hydrogens is 483 g/mol. The summed E-state index contributed by atoms with van der Waals surface area (Å²) >= 11 is 0. The third-order valence-electron chi connectivity index (χ3n) is 4.66. The molecule has 0 spiro atoms. The van der Waals surface area contributed by atoms with Crippen LogP contribution in [-0.2, 0) is 11.2 Å². The number of halogens is 1. The van der Waals surface area contributed by atoms with Crippen LogP contribution in [0.1, 0.15) is 38.7 Å². The molecule has 29 heavy (non-hydrogen) atoms. The Hall–Kier alpha value is -1.71. The first-order valence-corrected chi connectivity index (χ1v) is 10.3. The summed E-state index contributed by atoms with van der Waals surface area (Å²) < 4.78 is 10.8. The number of nitrogens with one attached hydrogen (secondary N) is 2. The van der Waals surface area contributed by atoms with Gasteiger partial charge < -0.3 is 25.0 Å². The van der Waals surface area contributed by atoms with E-state index in [0.29, 0.717) is 25.7 Å². The number of likely N-dealkylation sites (tertiary alicyclic amines) is 1. The lowest BCUT2D eigenvalue weighted by Crippen LogP contribution is -2.50. The number of piperidine rings is 1. The summed E-state index contributed by atoms with van der Waals surface area (Å²) in [6.45, 7) is 7.30. The molecule has 1 aromatic carbocycles. The SMILES string of the molecule is CCCOc1cccc(CCNC(=NC)NC2CCN(C(=O)OCC)CC2)c1.I. The second kappa shape index (κ2) is 14.3. The molecule has 1 amide bonds. The number of ether oxygens (including phenoxy) is 2. The number of carbonyl (C=O) groups is 1. The average Bonchev–Trinajstić information content (AvgIpc) is 2.72. The number of aliphatic imine (C=N–C) groups is 1. The molecule has 0 aromatic heterocycles. The van der Waals surface area contributed by atoms with Crippen LogP contribution < -0.4 is 15.4 Å². The van der Waals surface area contributed by atoms with Gasteiger partial charge in [0.15, 0.2) is 5.96 Å². The summed E-state index contributed by atoms with van der Waals surface area (Å²) in [6, 6.07) is 8.54. The highest BCUT2D eigenvalue weighted by molar-refractivity contribution is 14.0. The molecule has 0 bridgehead atoms. The molecule has 1 aromatic rings. The highest BCUT2D eigenvalue weighted by atomic mass is 127. The predicted molar refractivity (Wildman–Crippen MR) is 127 cm³/mol. The Labute approximate surface area is 191 Å². The van der Waals surface area contributed by atoms with E-state index in [1.54, 1.807) is 11.9 Å². The maximum atomic E-state index is 11.8. The Balaban J connectivity index is 0.00000420. The zero-order chi connectivity index (χ0) is 20.2. The van der Waals surface area contributed by atoms with Gasteiger partial charge in [0.2, 0.25) is 0 Å². The van der Waals surface area contributed by atoms with Gasteiger partial charge in [-0.2, -0.15) is 0 Å². The molecule has 0 atom stereocenters. The monoisotopic (exact) mass is 518 g/mol. The minimum atomic E-state index is -0.214. The quantitative estimate of drug-likeness (QED) is 0.314. The van der Waals surface area contributed by atoms with E-state index >= 15 is 0 Å². The summed E-state index contributed by atoms with van der Waals surface area (Å²) in [5.74, 6) is 1.73. The van der Waals surface area contributed by atoms with Crippen LogP contribution >= 0.6 is 24.0 Å². The van der Waals surface area contributed by atoms with E-state index < -0.39 is 0 Å². The van der Waals surface area contributed by atoms with Crippen molar-refractivity contribution >= 4 is 36.0 Å². The van der Waals surface area contributed by atoms with E-state index in [2.05, 4.69) is 34.7 Å². The number of hydrogen-bond donors (Lipinski definition) is 2. The minimum absolute atomic E-state index is 0. The molecular formula is C21H35IN4O3. The largest absolute Gasteiger partial charge is 0.494 e. The molecule has 0 saturated carbocycles. The van der Waals surface area contributed by atoms with Gasteiger partial charge in [-0.05, 0) is 50.3 Å². The Bertz CT molecular complexity index is 634. The van der Waals surface area contributed by atoms with E-state index in [-0.39, 0.29) is 30.1 Å². The van der Waals surface area contributed by atoms with Gasteiger partial charge in [-0.1, -0.05) is 19.1 Å². The third kappa shape index (κ3) is 9.10. The van der Waals surface area contributed by atoms with Crippen molar-refractivity contribution in [1.29, 1.82) is 0 Å². The Morgan fingerprint density at radius 1 is 1.28 bits per heavy atom. The number of nitrogens with zero attached hydrogens (tertiary/aromatic N) is 2. The highest BCUT2D eigenvalue weighted by Crippen LogP contribution is 2.14. The topological polar surface area (TPSA) is 75.2 Å². The molecule has 1 saturated heterocycles. The second-order valence-electron chi connectivity index (χ2n) is 6.85. The molecule has 7 nitrogen and oxygen atoms in total. The molecule has 2 rings (SSSR count). The van der Waals surface area contributed by atoms with Crippen molar-refractivity contribution in [2.24, 2.45) is 4.99 Å². The van der Waals surface area contributed by atoms with Crippen LogP contribution in [0.5, 0.6) is 5.75 Å². The van der Waals surface area contributed by atoms with Crippen LogP contribution in [0, 0.1) is 0 Å². The van der Waals surface area contributed by atoms with Crippen LogP contribution in [0.25, 0.3) is 0 Å².